The Morgan fingerprint density at radius 3 is 2.40 bits per heavy atom. The van der Waals surface area contributed by atoms with Crippen LogP contribution in [0.15, 0.2) is 42.6 Å². The Morgan fingerprint density at radius 1 is 1.30 bits per heavy atom. The molecule has 1 heteroatoms. The van der Waals surface area contributed by atoms with Crippen molar-refractivity contribution >= 4 is 13.3 Å². The van der Waals surface area contributed by atoms with Gasteiger partial charge in [0, 0.05) is 0 Å². The quantitative estimate of drug-likeness (QED) is 0.396. The summed E-state index contributed by atoms with van der Waals surface area (Å²) < 4.78 is 0. The maximum absolute atomic E-state index is 3.57. The summed E-state index contributed by atoms with van der Waals surface area (Å²) in [6.07, 6.45) is 0. The van der Waals surface area contributed by atoms with Crippen LogP contribution in [0.4, 0.5) is 0 Å². The fourth-order valence-electron chi connectivity index (χ4n) is 0.790. The van der Waals surface area contributed by atoms with Gasteiger partial charge in [-0.1, -0.05) is 36.9 Å². The van der Waals surface area contributed by atoms with Gasteiger partial charge in [-0.05, 0) is 11.0 Å². The standard InChI is InChI=1S/C9H9B/c1-2-9(10)8-6-4-3-5-7-8/h3-7H,1,10H2. The molecule has 0 aliphatic carbocycles. The first-order valence-corrected chi connectivity index (χ1v) is 3.26. The Morgan fingerprint density at radius 2 is 1.90 bits per heavy atom. The normalized spacial score (nSPS) is 8.40. The van der Waals surface area contributed by atoms with Crippen molar-refractivity contribution in [3.05, 3.63) is 48.2 Å². The minimum absolute atomic E-state index is 1.10. The van der Waals surface area contributed by atoms with Gasteiger partial charge < -0.3 is 0 Å². The second kappa shape index (κ2) is 3.10. The predicted octanol–water partition coefficient (Wildman–Crippen LogP) is 1.45. The molecule has 10 heavy (non-hydrogen) atoms. The summed E-state index contributed by atoms with van der Waals surface area (Å²) in [7, 11) is 2.00. The van der Waals surface area contributed by atoms with Crippen molar-refractivity contribution in [1.29, 1.82) is 0 Å². The maximum Gasteiger partial charge on any atom is 0.150 e. The molecular weight excluding hydrogens is 119 g/mol. The van der Waals surface area contributed by atoms with E-state index in [1.807, 2.05) is 38.2 Å². The Kier molecular flexibility index (Phi) is 2.14. The monoisotopic (exact) mass is 128 g/mol. The lowest BCUT2D eigenvalue weighted by Gasteiger charge is -1.94. The molecule has 1 aromatic rings. The van der Waals surface area contributed by atoms with Crippen molar-refractivity contribution in [3.63, 3.8) is 0 Å². The first-order chi connectivity index (χ1) is 4.84. The lowest BCUT2D eigenvalue weighted by molar-refractivity contribution is 1.65. The fraction of sp³-hybridized carbons (Fsp3) is 0. The molecule has 1 rings (SSSR count). The number of hydrogen-bond acceptors (Lipinski definition) is 0. The van der Waals surface area contributed by atoms with Gasteiger partial charge >= 0.3 is 0 Å². The van der Waals surface area contributed by atoms with Crippen LogP contribution in [-0.2, 0) is 0 Å². The third-order valence-corrected chi connectivity index (χ3v) is 1.47. The van der Waals surface area contributed by atoms with Crippen molar-refractivity contribution < 1.29 is 0 Å². The molecule has 0 saturated carbocycles. The molecule has 0 unspecified atom stereocenters. The largest absolute Gasteiger partial charge is 0.150 e. The van der Waals surface area contributed by atoms with E-state index in [-0.39, 0.29) is 0 Å². The molecule has 0 bridgehead atoms. The molecule has 0 N–H and O–H groups in total. The molecule has 0 amide bonds. The minimum Gasteiger partial charge on any atom is -0.135 e. The van der Waals surface area contributed by atoms with Crippen LogP contribution in [0.3, 0.4) is 0 Å². The molecule has 0 atom stereocenters. The van der Waals surface area contributed by atoms with Crippen molar-refractivity contribution in [2.75, 3.05) is 0 Å². The molecule has 0 saturated heterocycles. The van der Waals surface area contributed by atoms with E-state index in [1.165, 1.54) is 5.56 Å². The SMILES string of the molecule is BC(=C=C)c1ccccc1. The molecule has 0 aliphatic rings. The van der Waals surface area contributed by atoms with E-state index >= 15 is 0 Å². The topological polar surface area (TPSA) is 0 Å². The van der Waals surface area contributed by atoms with Crippen LogP contribution in [0.2, 0.25) is 0 Å². The lowest BCUT2D eigenvalue weighted by atomic mass is 9.90. The van der Waals surface area contributed by atoms with E-state index in [0.29, 0.717) is 0 Å². The molecular formula is C9H9B. The maximum atomic E-state index is 3.57. The zero-order valence-corrected chi connectivity index (χ0v) is 6.09. The van der Waals surface area contributed by atoms with Crippen LogP contribution in [-0.4, -0.2) is 7.85 Å². The van der Waals surface area contributed by atoms with E-state index in [0.717, 1.165) is 5.47 Å². The minimum atomic E-state index is 1.10. The molecule has 0 radical (unpaired) electrons. The molecule has 0 fully saturated rings. The van der Waals surface area contributed by atoms with Crippen LogP contribution in [0.25, 0.3) is 5.47 Å². The highest BCUT2D eigenvalue weighted by atomic mass is 13.9. The van der Waals surface area contributed by atoms with Gasteiger partial charge in [0.25, 0.3) is 0 Å². The first-order valence-electron chi connectivity index (χ1n) is 3.26. The average Bonchev–Trinajstić information content (AvgIpc) is 2.05. The number of hydrogen-bond donors (Lipinski definition) is 0. The summed E-state index contributed by atoms with van der Waals surface area (Å²) in [5.41, 5.74) is 5.14. The molecule has 0 nitrogen and oxygen atoms in total. The second-order valence-electron chi connectivity index (χ2n) is 2.17. The number of rotatable bonds is 1. The van der Waals surface area contributed by atoms with Crippen LogP contribution in [0.1, 0.15) is 5.56 Å². The summed E-state index contributed by atoms with van der Waals surface area (Å²) in [5, 5.41) is 0. The van der Waals surface area contributed by atoms with Crippen LogP contribution in [0.5, 0.6) is 0 Å². The zero-order chi connectivity index (χ0) is 7.40. The van der Waals surface area contributed by atoms with Gasteiger partial charge in [0.15, 0.2) is 0 Å². The molecule has 1 aromatic carbocycles. The summed E-state index contributed by atoms with van der Waals surface area (Å²) >= 11 is 0. The van der Waals surface area contributed by atoms with Gasteiger partial charge in [0.1, 0.15) is 7.85 Å². The van der Waals surface area contributed by atoms with Gasteiger partial charge in [-0.3, -0.25) is 0 Å². The molecule has 0 heterocycles. The van der Waals surface area contributed by atoms with Crippen molar-refractivity contribution in [2.45, 2.75) is 0 Å². The van der Waals surface area contributed by atoms with Crippen molar-refractivity contribution in [3.8, 4) is 0 Å². The third-order valence-electron chi connectivity index (χ3n) is 1.47. The van der Waals surface area contributed by atoms with Crippen LogP contribution < -0.4 is 0 Å². The summed E-state index contributed by atoms with van der Waals surface area (Å²) in [6.45, 7) is 3.57. The van der Waals surface area contributed by atoms with Gasteiger partial charge in [-0.25, -0.2) is 0 Å². The van der Waals surface area contributed by atoms with E-state index in [2.05, 4.69) is 12.3 Å². The zero-order valence-electron chi connectivity index (χ0n) is 6.09. The Bertz CT molecular complexity index is 255. The summed E-state index contributed by atoms with van der Waals surface area (Å²) in [5.74, 6) is 0. The van der Waals surface area contributed by atoms with Gasteiger partial charge in [-0.15, -0.1) is 5.73 Å². The third kappa shape index (κ3) is 1.40. The predicted molar refractivity (Wildman–Crippen MR) is 47.5 cm³/mol. The summed E-state index contributed by atoms with van der Waals surface area (Å²) in [6, 6.07) is 10.1. The first kappa shape index (κ1) is 6.92. The van der Waals surface area contributed by atoms with Gasteiger partial charge in [0.2, 0.25) is 0 Å². The molecule has 0 aliphatic heterocycles. The van der Waals surface area contributed by atoms with Crippen LogP contribution in [0, 0.1) is 0 Å². The lowest BCUT2D eigenvalue weighted by Crippen LogP contribution is -1.78. The van der Waals surface area contributed by atoms with Crippen molar-refractivity contribution in [2.24, 2.45) is 0 Å². The van der Waals surface area contributed by atoms with Crippen LogP contribution >= 0.6 is 0 Å². The van der Waals surface area contributed by atoms with E-state index in [1.54, 1.807) is 0 Å². The average molecular weight is 128 g/mol. The van der Waals surface area contributed by atoms with Gasteiger partial charge in [-0.2, -0.15) is 0 Å². The van der Waals surface area contributed by atoms with Gasteiger partial charge in [0.05, 0.1) is 0 Å². The highest BCUT2D eigenvalue weighted by Crippen LogP contribution is 2.06. The highest BCUT2D eigenvalue weighted by molar-refractivity contribution is 6.42. The molecule has 48 valence electrons. The molecule has 0 aromatic heterocycles. The Balaban J connectivity index is 3.08. The van der Waals surface area contributed by atoms with E-state index in [4.69, 9.17) is 0 Å². The highest BCUT2D eigenvalue weighted by Gasteiger charge is 1.88. The van der Waals surface area contributed by atoms with Crippen molar-refractivity contribution in [1.82, 2.24) is 0 Å². The smallest absolute Gasteiger partial charge is 0.135 e. The number of benzene rings is 1. The Labute approximate surface area is 62.3 Å². The van der Waals surface area contributed by atoms with E-state index < -0.39 is 0 Å². The van der Waals surface area contributed by atoms with E-state index in [9.17, 15) is 0 Å². The summed E-state index contributed by atoms with van der Waals surface area (Å²) in [4.78, 5) is 0. The molecule has 0 spiro atoms. The Hall–Kier alpha value is -1.20. The fourth-order valence-corrected chi connectivity index (χ4v) is 0.790. The second-order valence-corrected chi connectivity index (χ2v) is 2.17.